The van der Waals surface area contributed by atoms with Gasteiger partial charge in [0.1, 0.15) is 0 Å². The van der Waals surface area contributed by atoms with Crippen LogP contribution >= 0.6 is 0 Å². The van der Waals surface area contributed by atoms with E-state index in [2.05, 4.69) is 31.4 Å². The predicted molar refractivity (Wildman–Crippen MR) is 71.8 cm³/mol. The van der Waals surface area contributed by atoms with Crippen LogP contribution in [0.2, 0.25) is 0 Å². The van der Waals surface area contributed by atoms with Crippen LogP contribution in [0.5, 0.6) is 0 Å². The van der Waals surface area contributed by atoms with Gasteiger partial charge in [-0.2, -0.15) is 0 Å². The van der Waals surface area contributed by atoms with E-state index in [9.17, 15) is 4.79 Å². The second-order valence-corrected chi connectivity index (χ2v) is 5.40. The maximum absolute atomic E-state index is 12.0. The van der Waals surface area contributed by atoms with E-state index >= 15 is 0 Å². The molecular weight excluding hydrogens is 212 g/mol. The molecule has 1 rings (SSSR count). The minimum atomic E-state index is 0.179. The summed E-state index contributed by atoms with van der Waals surface area (Å²) < 4.78 is 0. The molecule has 0 aromatic rings. The molecule has 0 aromatic heterocycles. The molecule has 0 aliphatic carbocycles. The average Bonchev–Trinajstić information content (AvgIpc) is 2.75. The third kappa shape index (κ3) is 4.66. The first-order valence-corrected chi connectivity index (χ1v) is 7.17. The van der Waals surface area contributed by atoms with Crippen LogP contribution in [-0.4, -0.2) is 25.5 Å². The van der Waals surface area contributed by atoms with Gasteiger partial charge in [-0.15, -0.1) is 0 Å². The average molecular weight is 240 g/mol. The molecular formula is C14H28N2O. The first-order chi connectivity index (χ1) is 8.19. The van der Waals surface area contributed by atoms with Crippen molar-refractivity contribution in [2.45, 2.75) is 46.5 Å². The molecule has 1 heterocycles. The van der Waals surface area contributed by atoms with Crippen molar-refractivity contribution in [2.24, 2.45) is 17.8 Å². The van der Waals surface area contributed by atoms with Gasteiger partial charge < -0.3 is 10.6 Å². The van der Waals surface area contributed by atoms with Crippen LogP contribution in [0, 0.1) is 17.8 Å². The third-order valence-electron chi connectivity index (χ3n) is 3.96. The number of carbonyl (C=O) groups is 1. The molecule has 3 atom stereocenters. The fourth-order valence-electron chi connectivity index (χ4n) is 2.48. The van der Waals surface area contributed by atoms with E-state index in [-0.39, 0.29) is 11.8 Å². The smallest absolute Gasteiger partial charge is 0.224 e. The normalized spacial score (nSPS) is 25.8. The zero-order valence-electron chi connectivity index (χ0n) is 11.6. The van der Waals surface area contributed by atoms with E-state index in [1.54, 1.807) is 0 Å². The molecule has 1 fully saturated rings. The highest BCUT2D eigenvalue weighted by atomic mass is 16.1. The van der Waals surface area contributed by atoms with Crippen molar-refractivity contribution in [3.63, 3.8) is 0 Å². The van der Waals surface area contributed by atoms with Crippen LogP contribution in [0.1, 0.15) is 46.5 Å². The highest BCUT2D eigenvalue weighted by molar-refractivity contribution is 5.79. The predicted octanol–water partition coefficient (Wildman–Crippen LogP) is 2.17. The van der Waals surface area contributed by atoms with Crippen molar-refractivity contribution < 1.29 is 4.79 Å². The molecule has 3 heteroatoms. The first-order valence-electron chi connectivity index (χ1n) is 7.17. The van der Waals surface area contributed by atoms with E-state index in [1.807, 2.05) is 0 Å². The van der Waals surface area contributed by atoms with Gasteiger partial charge in [-0.25, -0.2) is 0 Å². The summed E-state index contributed by atoms with van der Waals surface area (Å²) in [6, 6.07) is 0. The second kappa shape index (κ2) is 7.70. The SMILES string of the molecule is CCCCC(CC)CNC(=O)C1CNCC1C. The molecule has 1 aliphatic heterocycles. The van der Waals surface area contributed by atoms with E-state index < -0.39 is 0 Å². The maximum Gasteiger partial charge on any atom is 0.224 e. The molecule has 100 valence electrons. The molecule has 1 saturated heterocycles. The van der Waals surface area contributed by atoms with Gasteiger partial charge >= 0.3 is 0 Å². The molecule has 0 saturated carbocycles. The fraction of sp³-hybridized carbons (Fsp3) is 0.929. The van der Waals surface area contributed by atoms with Crippen molar-refractivity contribution >= 4 is 5.91 Å². The highest BCUT2D eigenvalue weighted by Crippen LogP contribution is 2.16. The largest absolute Gasteiger partial charge is 0.356 e. The molecule has 0 bridgehead atoms. The number of amides is 1. The van der Waals surface area contributed by atoms with Crippen LogP contribution in [0.25, 0.3) is 0 Å². The van der Waals surface area contributed by atoms with Crippen molar-refractivity contribution in [1.29, 1.82) is 0 Å². The Bertz CT molecular complexity index is 230. The van der Waals surface area contributed by atoms with Crippen LogP contribution in [-0.2, 0) is 4.79 Å². The lowest BCUT2D eigenvalue weighted by molar-refractivity contribution is -0.125. The quantitative estimate of drug-likeness (QED) is 0.716. The number of rotatable bonds is 7. The Hall–Kier alpha value is -0.570. The van der Waals surface area contributed by atoms with Crippen LogP contribution in [0.3, 0.4) is 0 Å². The van der Waals surface area contributed by atoms with Gasteiger partial charge in [0, 0.05) is 13.1 Å². The third-order valence-corrected chi connectivity index (χ3v) is 3.96. The van der Waals surface area contributed by atoms with E-state index in [4.69, 9.17) is 0 Å². The Morgan fingerprint density at radius 2 is 2.18 bits per heavy atom. The first kappa shape index (κ1) is 14.5. The molecule has 3 nitrogen and oxygen atoms in total. The molecule has 0 spiro atoms. The minimum absolute atomic E-state index is 0.179. The van der Waals surface area contributed by atoms with Gasteiger partial charge in [-0.05, 0) is 24.8 Å². The lowest BCUT2D eigenvalue weighted by atomic mass is 9.96. The number of hydrogen-bond donors (Lipinski definition) is 2. The minimum Gasteiger partial charge on any atom is -0.356 e. The van der Waals surface area contributed by atoms with E-state index in [0.29, 0.717) is 11.8 Å². The summed E-state index contributed by atoms with van der Waals surface area (Å²) in [5.74, 6) is 1.56. The Balaban J connectivity index is 2.25. The number of carbonyl (C=O) groups excluding carboxylic acids is 1. The van der Waals surface area contributed by atoms with Crippen LogP contribution in [0.15, 0.2) is 0 Å². The second-order valence-electron chi connectivity index (χ2n) is 5.40. The Kier molecular flexibility index (Phi) is 6.56. The van der Waals surface area contributed by atoms with Crippen molar-refractivity contribution in [1.82, 2.24) is 10.6 Å². The Labute approximate surface area is 106 Å². The molecule has 1 aliphatic rings. The van der Waals surface area contributed by atoms with Crippen LogP contribution in [0.4, 0.5) is 0 Å². The topological polar surface area (TPSA) is 41.1 Å². The summed E-state index contributed by atoms with van der Waals surface area (Å²) in [6.07, 6.45) is 4.92. The molecule has 0 aromatic carbocycles. The Morgan fingerprint density at radius 1 is 1.41 bits per heavy atom. The number of hydrogen-bond acceptors (Lipinski definition) is 2. The summed E-state index contributed by atoms with van der Waals surface area (Å²) in [6.45, 7) is 9.27. The molecule has 3 unspecified atom stereocenters. The van der Waals surface area contributed by atoms with Crippen molar-refractivity contribution in [3.05, 3.63) is 0 Å². The van der Waals surface area contributed by atoms with Crippen molar-refractivity contribution in [2.75, 3.05) is 19.6 Å². The summed E-state index contributed by atoms with van der Waals surface area (Å²) >= 11 is 0. The number of unbranched alkanes of at least 4 members (excludes halogenated alkanes) is 1. The van der Waals surface area contributed by atoms with E-state index in [0.717, 1.165) is 19.6 Å². The lowest BCUT2D eigenvalue weighted by Crippen LogP contribution is -2.37. The summed E-state index contributed by atoms with van der Waals surface area (Å²) in [7, 11) is 0. The summed E-state index contributed by atoms with van der Waals surface area (Å²) in [5.41, 5.74) is 0. The highest BCUT2D eigenvalue weighted by Gasteiger charge is 2.29. The summed E-state index contributed by atoms with van der Waals surface area (Å²) in [5, 5.41) is 6.41. The molecule has 17 heavy (non-hydrogen) atoms. The van der Waals surface area contributed by atoms with Gasteiger partial charge in [0.2, 0.25) is 5.91 Å². The van der Waals surface area contributed by atoms with Gasteiger partial charge in [-0.3, -0.25) is 4.79 Å². The maximum atomic E-state index is 12.0. The Morgan fingerprint density at radius 3 is 2.71 bits per heavy atom. The van der Waals surface area contributed by atoms with Gasteiger partial charge in [-0.1, -0.05) is 40.0 Å². The molecule has 0 radical (unpaired) electrons. The van der Waals surface area contributed by atoms with Crippen LogP contribution < -0.4 is 10.6 Å². The van der Waals surface area contributed by atoms with Gasteiger partial charge in [0.05, 0.1) is 5.92 Å². The fourth-order valence-corrected chi connectivity index (χ4v) is 2.48. The number of nitrogens with one attached hydrogen (secondary N) is 2. The molecule has 1 amide bonds. The van der Waals surface area contributed by atoms with Gasteiger partial charge in [0.15, 0.2) is 0 Å². The van der Waals surface area contributed by atoms with Gasteiger partial charge in [0.25, 0.3) is 0 Å². The zero-order valence-corrected chi connectivity index (χ0v) is 11.6. The monoisotopic (exact) mass is 240 g/mol. The van der Waals surface area contributed by atoms with Crippen molar-refractivity contribution in [3.8, 4) is 0 Å². The standard InChI is InChI=1S/C14H28N2O/c1-4-6-7-12(5-2)9-16-14(17)13-10-15-8-11(13)3/h11-13,15H,4-10H2,1-3H3,(H,16,17). The van der Waals surface area contributed by atoms with E-state index in [1.165, 1.54) is 25.7 Å². The molecule has 2 N–H and O–H groups in total. The zero-order chi connectivity index (χ0) is 12.7. The lowest BCUT2D eigenvalue weighted by Gasteiger charge is -2.18. The summed E-state index contributed by atoms with van der Waals surface area (Å²) in [4.78, 5) is 12.0.